The molecular weight excluding hydrogens is 314 g/mol. The van der Waals surface area contributed by atoms with E-state index < -0.39 is 17.5 Å². The van der Waals surface area contributed by atoms with Crippen molar-refractivity contribution in [3.05, 3.63) is 53.9 Å². The van der Waals surface area contributed by atoms with E-state index in [4.69, 9.17) is 5.73 Å². The molecule has 24 heavy (non-hydrogen) atoms. The highest BCUT2D eigenvalue weighted by molar-refractivity contribution is 5.98. The predicted molar refractivity (Wildman–Crippen MR) is 87.6 cm³/mol. The summed E-state index contributed by atoms with van der Waals surface area (Å²) in [6.45, 7) is 2.43. The van der Waals surface area contributed by atoms with Crippen molar-refractivity contribution in [2.24, 2.45) is 0 Å². The molecule has 2 aromatic heterocycles. The summed E-state index contributed by atoms with van der Waals surface area (Å²) in [5.74, 6) is -1.39. The van der Waals surface area contributed by atoms with Gasteiger partial charge < -0.3 is 11.1 Å². The summed E-state index contributed by atoms with van der Waals surface area (Å²) in [6, 6.07) is 6.43. The van der Waals surface area contributed by atoms with E-state index in [1.165, 1.54) is 4.40 Å². The van der Waals surface area contributed by atoms with Crippen LogP contribution in [0.25, 0.3) is 16.8 Å². The number of carbonyl (C=O) groups excluding carboxylic acids is 1. The van der Waals surface area contributed by atoms with E-state index in [9.17, 15) is 13.6 Å². The van der Waals surface area contributed by atoms with Gasteiger partial charge in [0.1, 0.15) is 23.1 Å². The number of pyridine rings is 1. The number of nitrogen functional groups attached to an aromatic ring is 1. The van der Waals surface area contributed by atoms with Gasteiger partial charge in [0.2, 0.25) is 0 Å². The molecule has 0 bridgehead atoms. The van der Waals surface area contributed by atoms with Gasteiger partial charge >= 0.3 is 0 Å². The van der Waals surface area contributed by atoms with Crippen molar-refractivity contribution in [3.63, 3.8) is 0 Å². The van der Waals surface area contributed by atoms with Gasteiger partial charge in [-0.15, -0.1) is 0 Å². The van der Waals surface area contributed by atoms with E-state index in [1.807, 2.05) is 6.92 Å². The number of benzene rings is 1. The number of nitrogens with one attached hydrogen (secondary N) is 1. The number of rotatable bonds is 4. The molecule has 0 saturated heterocycles. The molecule has 1 aromatic carbocycles. The summed E-state index contributed by atoms with van der Waals surface area (Å²) >= 11 is 0. The third kappa shape index (κ3) is 2.68. The molecule has 0 aliphatic heterocycles. The van der Waals surface area contributed by atoms with E-state index in [0.29, 0.717) is 17.8 Å². The molecule has 0 radical (unpaired) electrons. The van der Waals surface area contributed by atoms with Gasteiger partial charge in [0.15, 0.2) is 5.69 Å². The number of nitrogens with two attached hydrogens (primary N) is 1. The second-order valence-electron chi connectivity index (χ2n) is 5.34. The number of hydrogen-bond donors (Lipinski definition) is 2. The molecule has 0 atom stereocenters. The lowest BCUT2D eigenvalue weighted by Gasteiger charge is -2.06. The van der Waals surface area contributed by atoms with Crippen LogP contribution in [-0.4, -0.2) is 21.8 Å². The van der Waals surface area contributed by atoms with Crippen LogP contribution in [0.3, 0.4) is 0 Å². The minimum Gasteiger partial charge on any atom is -0.383 e. The highest BCUT2D eigenvalue weighted by atomic mass is 19.1. The number of amides is 1. The van der Waals surface area contributed by atoms with Crippen molar-refractivity contribution in [1.82, 2.24) is 14.7 Å². The van der Waals surface area contributed by atoms with Crippen molar-refractivity contribution >= 4 is 17.4 Å². The Labute approximate surface area is 137 Å². The SMILES string of the molecule is CCCNC(=O)c1nc2c(-c3cc(F)ccc3F)cccn2c1N. The van der Waals surface area contributed by atoms with E-state index >= 15 is 0 Å². The van der Waals surface area contributed by atoms with Crippen LogP contribution < -0.4 is 11.1 Å². The van der Waals surface area contributed by atoms with Crippen molar-refractivity contribution < 1.29 is 13.6 Å². The third-order valence-electron chi connectivity index (χ3n) is 3.66. The second-order valence-corrected chi connectivity index (χ2v) is 5.34. The zero-order valence-electron chi connectivity index (χ0n) is 13.0. The monoisotopic (exact) mass is 330 g/mol. The number of anilines is 1. The van der Waals surface area contributed by atoms with Crippen LogP contribution in [0.15, 0.2) is 36.5 Å². The summed E-state index contributed by atoms with van der Waals surface area (Å²) < 4.78 is 29.1. The van der Waals surface area contributed by atoms with Crippen molar-refractivity contribution in [2.45, 2.75) is 13.3 Å². The number of imidazole rings is 1. The molecule has 0 spiro atoms. The molecule has 124 valence electrons. The number of carbonyl (C=O) groups is 1. The fraction of sp³-hybridized carbons (Fsp3) is 0.176. The zero-order valence-corrected chi connectivity index (χ0v) is 13.0. The maximum Gasteiger partial charge on any atom is 0.273 e. The van der Waals surface area contributed by atoms with Crippen molar-refractivity contribution in [2.75, 3.05) is 12.3 Å². The fourth-order valence-electron chi connectivity index (χ4n) is 2.49. The smallest absolute Gasteiger partial charge is 0.273 e. The lowest BCUT2D eigenvalue weighted by molar-refractivity contribution is 0.0950. The van der Waals surface area contributed by atoms with Gasteiger partial charge in [-0.05, 0) is 36.8 Å². The van der Waals surface area contributed by atoms with E-state index in [-0.39, 0.29) is 17.1 Å². The molecule has 3 rings (SSSR count). The van der Waals surface area contributed by atoms with Crippen LogP contribution in [0.4, 0.5) is 14.6 Å². The van der Waals surface area contributed by atoms with Gasteiger partial charge in [0.05, 0.1) is 0 Å². The number of halogens is 2. The Kier molecular flexibility index (Phi) is 4.16. The summed E-state index contributed by atoms with van der Waals surface area (Å²) in [6.07, 6.45) is 2.40. The Morgan fingerprint density at radius 1 is 1.29 bits per heavy atom. The molecule has 5 nitrogen and oxygen atoms in total. The average Bonchev–Trinajstić information content (AvgIpc) is 2.92. The van der Waals surface area contributed by atoms with Gasteiger partial charge in [-0.3, -0.25) is 9.20 Å². The lowest BCUT2D eigenvalue weighted by Crippen LogP contribution is -2.25. The van der Waals surface area contributed by atoms with Crippen molar-refractivity contribution in [3.8, 4) is 11.1 Å². The van der Waals surface area contributed by atoms with Gasteiger partial charge in [-0.2, -0.15) is 0 Å². The highest BCUT2D eigenvalue weighted by Gasteiger charge is 2.19. The van der Waals surface area contributed by atoms with Crippen LogP contribution >= 0.6 is 0 Å². The van der Waals surface area contributed by atoms with E-state index in [0.717, 1.165) is 24.6 Å². The van der Waals surface area contributed by atoms with Gasteiger partial charge in [-0.1, -0.05) is 6.92 Å². The maximum atomic E-state index is 14.1. The Bertz CT molecular complexity index is 920. The standard InChI is InChI=1S/C17H16F2N4O/c1-2-7-21-17(24)14-15(20)23-8-3-4-11(16(23)22-14)12-9-10(18)5-6-13(12)19/h3-6,8-9H,2,7,20H2,1H3,(H,21,24). The topological polar surface area (TPSA) is 72.4 Å². The largest absolute Gasteiger partial charge is 0.383 e. The number of nitrogens with zero attached hydrogens (tertiary/aromatic N) is 2. The first-order chi connectivity index (χ1) is 11.5. The Hall–Kier alpha value is -2.96. The van der Waals surface area contributed by atoms with Crippen LogP contribution in [0.5, 0.6) is 0 Å². The maximum absolute atomic E-state index is 14.1. The molecule has 7 heteroatoms. The summed E-state index contributed by atoms with van der Waals surface area (Å²) in [5, 5.41) is 2.70. The van der Waals surface area contributed by atoms with Gasteiger partial charge in [0.25, 0.3) is 5.91 Å². The van der Waals surface area contributed by atoms with Crippen LogP contribution in [0.2, 0.25) is 0 Å². The molecule has 3 N–H and O–H groups in total. The van der Waals surface area contributed by atoms with Crippen LogP contribution in [0, 0.1) is 11.6 Å². The zero-order chi connectivity index (χ0) is 17.3. The first-order valence-corrected chi connectivity index (χ1v) is 7.53. The Morgan fingerprint density at radius 2 is 2.08 bits per heavy atom. The first-order valence-electron chi connectivity index (χ1n) is 7.53. The predicted octanol–water partition coefficient (Wildman–Crippen LogP) is 3.00. The minimum atomic E-state index is -0.581. The molecule has 1 amide bonds. The molecule has 0 fully saturated rings. The second kappa shape index (κ2) is 6.27. The molecule has 0 saturated carbocycles. The lowest BCUT2D eigenvalue weighted by atomic mass is 10.1. The molecule has 3 aromatic rings. The molecule has 2 heterocycles. The summed E-state index contributed by atoms with van der Waals surface area (Å²) in [4.78, 5) is 16.4. The average molecular weight is 330 g/mol. The number of aromatic nitrogens is 2. The normalized spacial score (nSPS) is 11.0. The van der Waals surface area contributed by atoms with E-state index in [1.54, 1.807) is 18.3 Å². The highest BCUT2D eigenvalue weighted by Crippen LogP contribution is 2.29. The summed E-state index contributed by atoms with van der Waals surface area (Å²) in [5.41, 5.74) is 6.77. The van der Waals surface area contributed by atoms with E-state index in [2.05, 4.69) is 10.3 Å². The third-order valence-corrected chi connectivity index (χ3v) is 3.66. The minimum absolute atomic E-state index is 0.0612. The quantitative estimate of drug-likeness (QED) is 0.772. The number of hydrogen-bond acceptors (Lipinski definition) is 3. The molecule has 0 unspecified atom stereocenters. The Morgan fingerprint density at radius 3 is 2.83 bits per heavy atom. The fourth-order valence-corrected chi connectivity index (χ4v) is 2.49. The van der Waals surface area contributed by atoms with Gasteiger partial charge in [-0.25, -0.2) is 13.8 Å². The molecular formula is C17H16F2N4O. The Balaban J connectivity index is 2.17. The number of fused-ring (bicyclic) bond motifs is 1. The molecule has 0 aliphatic carbocycles. The van der Waals surface area contributed by atoms with Crippen LogP contribution in [0.1, 0.15) is 23.8 Å². The first kappa shape index (κ1) is 15.9. The summed E-state index contributed by atoms with van der Waals surface area (Å²) in [7, 11) is 0. The van der Waals surface area contributed by atoms with Crippen molar-refractivity contribution in [1.29, 1.82) is 0 Å². The van der Waals surface area contributed by atoms with Crippen LogP contribution in [-0.2, 0) is 0 Å². The van der Waals surface area contributed by atoms with Gasteiger partial charge in [0, 0.05) is 23.9 Å². The molecule has 0 aliphatic rings.